The summed E-state index contributed by atoms with van der Waals surface area (Å²) in [5, 5.41) is 16.3. The molecule has 0 radical (unpaired) electrons. The predicted octanol–water partition coefficient (Wildman–Crippen LogP) is 4.05. The van der Waals surface area contributed by atoms with Crippen LogP contribution in [-0.4, -0.2) is 44.8 Å². The van der Waals surface area contributed by atoms with Crippen LogP contribution in [0.3, 0.4) is 0 Å². The van der Waals surface area contributed by atoms with E-state index in [0.29, 0.717) is 48.2 Å². The summed E-state index contributed by atoms with van der Waals surface area (Å²) in [6.07, 6.45) is 3.55. The Labute approximate surface area is 181 Å². The van der Waals surface area contributed by atoms with Crippen molar-refractivity contribution >= 4 is 22.9 Å². The van der Waals surface area contributed by atoms with E-state index in [9.17, 15) is 9.59 Å². The highest BCUT2D eigenvalue weighted by atomic mass is 16.6. The van der Waals surface area contributed by atoms with Crippen LogP contribution in [0.2, 0.25) is 0 Å². The Kier molecular flexibility index (Phi) is 6.05. The van der Waals surface area contributed by atoms with Crippen molar-refractivity contribution in [3.8, 4) is 5.75 Å². The predicted molar refractivity (Wildman–Crippen MR) is 113 cm³/mol. The van der Waals surface area contributed by atoms with Crippen molar-refractivity contribution in [3.63, 3.8) is 0 Å². The van der Waals surface area contributed by atoms with Crippen molar-refractivity contribution in [2.75, 3.05) is 6.61 Å². The quantitative estimate of drug-likeness (QED) is 0.463. The maximum absolute atomic E-state index is 13.3. The lowest BCUT2D eigenvalue weighted by Crippen LogP contribution is -2.32. The van der Waals surface area contributed by atoms with E-state index in [1.807, 2.05) is 24.3 Å². The molecule has 0 bridgehead atoms. The molecule has 0 atom stereocenters. The Balaban J connectivity index is 1.45. The van der Waals surface area contributed by atoms with Gasteiger partial charge in [0.1, 0.15) is 16.8 Å². The number of benzene rings is 2. The van der Waals surface area contributed by atoms with Gasteiger partial charge in [-0.05, 0) is 66.7 Å². The van der Waals surface area contributed by atoms with Crippen LogP contribution in [0, 0.1) is 0 Å². The largest absolute Gasteiger partial charge is 0.493 e. The number of carboxylic acid groups (broad SMARTS) is 1. The molecule has 1 aliphatic carbocycles. The second-order valence-corrected chi connectivity index (χ2v) is 7.59. The molecule has 162 valence electrons. The van der Waals surface area contributed by atoms with Gasteiger partial charge in [0, 0.05) is 30.1 Å². The molecule has 1 heterocycles. The molecule has 0 aliphatic heterocycles. The summed E-state index contributed by atoms with van der Waals surface area (Å²) in [4.78, 5) is 25.5. The molecule has 31 heavy (non-hydrogen) atoms. The molecule has 1 aliphatic rings. The number of carbonyl (C=O) groups is 2. The molecule has 1 N–H and O–H groups in total. The van der Waals surface area contributed by atoms with E-state index in [0.717, 1.165) is 18.4 Å². The third-order valence-corrected chi connectivity index (χ3v) is 5.19. The van der Waals surface area contributed by atoms with Crippen molar-refractivity contribution in [2.45, 2.75) is 51.1 Å². The van der Waals surface area contributed by atoms with Gasteiger partial charge in [-0.2, -0.15) is 0 Å². The number of ether oxygens (including phenoxy) is 1. The number of unbranched alkanes of at least 4 members (excludes halogenated alkanes) is 2. The first-order valence-electron chi connectivity index (χ1n) is 10.9. The van der Waals surface area contributed by atoms with Gasteiger partial charge in [0.15, 0.2) is 0 Å². The number of nitrogens with zero attached hydrogens (tertiary/aromatic N) is 3. The molecule has 8 nitrogen and oxygen atoms in total. The Morgan fingerprint density at radius 3 is 2.74 bits per heavy atom. The summed E-state index contributed by atoms with van der Waals surface area (Å²) >= 11 is 0. The molecule has 0 unspecified atom stereocenters. The summed E-state index contributed by atoms with van der Waals surface area (Å²) in [5.41, 5.74) is 2.33. The minimum Gasteiger partial charge on any atom is -0.493 e. The first-order chi connectivity index (χ1) is 15.5. The van der Waals surface area contributed by atoms with Crippen LogP contribution in [0.1, 0.15) is 55.8 Å². The standard InChI is InChI=1S/C23H25N3O5/c27-22(28)8-2-1-5-13-30-21-7-4-3-6-17(21)15-26(18-10-11-18)23(29)16-9-12-19-20(14-16)25-31-24-19/h3-4,6-7,9,12,14,18H,1-2,5,8,10-11,13,15H2,(H,27,28)/i18D. The first kappa shape index (κ1) is 19.5. The van der Waals surface area contributed by atoms with E-state index >= 15 is 0 Å². The molecule has 4 rings (SSSR count). The third kappa shape index (κ3) is 5.39. The van der Waals surface area contributed by atoms with Gasteiger partial charge >= 0.3 is 5.97 Å². The average molecular weight is 424 g/mol. The summed E-state index contributed by atoms with van der Waals surface area (Å²) in [5.74, 6) is -0.362. The minimum atomic E-state index is -0.932. The second-order valence-electron chi connectivity index (χ2n) is 7.59. The van der Waals surface area contributed by atoms with Crippen molar-refractivity contribution in [1.82, 2.24) is 15.2 Å². The molecule has 3 aromatic rings. The first-order valence-corrected chi connectivity index (χ1v) is 10.4. The number of hydrogen-bond donors (Lipinski definition) is 1. The molecular formula is C23H25N3O5. The number of aromatic nitrogens is 2. The maximum atomic E-state index is 13.3. The normalized spacial score (nSPS) is 14.8. The van der Waals surface area contributed by atoms with Gasteiger partial charge < -0.3 is 14.7 Å². The zero-order chi connectivity index (χ0) is 22.6. The molecule has 0 saturated heterocycles. The molecular weight excluding hydrogens is 398 g/mol. The van der Waals surface area contributed by atoms with Crippen LogP contribution < -0.4 is 4.74 Å². The van der Waals surface area contributed by atoms with Gasteiger partial charge in [-0.25, -0.2) is 4.63 Å². The van der Waals surface area contributed by atoms with Crippen molar-refractivity contribution < 1.29 is 25.4 Å². The highest BCUT2D eigenvalue weighted by Crippen LogP contribution is 2.32. The Hall–Kier alpha value is -3.42. The van der Waals surface area contributed by atoms with Crippen molar-refractivity contribution in [3.05, 3.63) is 53.6 Å². The van der Waals surface area contributed by atoms with Crippen molar-refractivity contribution in [1.29, 1.82) is 0 Å². The van der Waals surface area contributed by atoms with E-state index < -0.39 is 12.0 Å². The fourth-order valence-corrected chi connectivity index (χ4v) is 3.41. The lowest BCUT2D eigenvalue weighted by molar-refractivity contribution is -0.137. The van der Waals surface area contributed by atoms with Gasteiger partial charge in [-0.15, -0.1) is 0 Å². The second kappa shape index (κ2) is 9.59. The van der Waals surface area contributed by atoms with Gasteiger partial charge in [0.2, 0.25) is 0 Å². The molecule has 1 aromatic heterocycles. The number of carbonyl (C=O) groups excluding carboxylic acids is 1. The molecule has 1 amide bonds. The van der Waals surface area contributed by atoms with Crippen LogP contribution in [0.15, 0.2) is 47.1 Å². The Morgan fingerprint density at radius 1 is 1.13 bits per heavy atom. The topological polar surface area (TPSA) is 106 Å². The highest BCUT2D eigenvalue weighted by Gasteiger charge is 2.33. The number of hydrogen-bond acceptors (Lipinski definition) is 6. The van der Waals surface area contributed by atoms with Crippen LogP contribution >= 0.6 is 0 Å². The lowest BCUT2D eigenvalue weighted by Gasteiger charge is -2.24. The van der Waals surface area contributed by atoms with Gasteiger partial charge in [-0.3, -0.25) is 9.59 Å². The zero-order valence-corrected chi connectivity index (χ0v) is 17.1. The fraction of sp³-hybridized carbons (Fsp3) is 0.391. The number of aliphatic carboxylic acids is 1. The SMILES string of the molecule is [2H]C1(N(Cc2ccccc2OCCCCCC(=O)O)C(=O)c2ccc3nonc3c2)CC1. The van der Waals surface area contributed by atoms with Crippen LogP contribution in [-0.2, 0) is 11.3 Å². The molecule has 8 heteroatoms. The molecule has 2 aromatic carbocycles. The number of rotatable bonds is 11. The van der Waals surface area contributed by atoms with Crippen LogP contribution in [0.4, 0.5) is 0 Å². The summed E-state index contributed by atoms with van der Waals surface area (Å²) in [6, 6.07) is 11.6. The monoisotopic (exact) mass is 424 g/mol. The molecule has 0 spiro atoms. The average Bonchev–Trinajstić information content (AvgIpc) is 3.35. The maximum Gasteiger partial charge on any atom is 0.303 e. The fourth-order valence-electron chi connectivity index (χ4n) is 3.41. The molecule has 1 saturated carbocycles. The Bertz CT molecular complexity index is 1110. The zero-order valence-electron chi connectivity index (χ0n) is 18.1. The van der Waals surface area contributed by atoms with Gasteiger partial charge in [-0.1, -0.05) is 18.2 Å². The number of amides is 1. The molecule has 1 fully saturated rings. The summed E-state index contributed by atoms with van der Waals surface area (Å²) in [6.45, 7) is 0.721. The summed E-state index contributed by atoms with van der Waals surface area (Å²) in [7, 11) is 0. The van der Waals surface area contributed by atoms with Crippen LogP contribution in [0.5, 0.6) is 5.75 Å². The van der Waals surface area contributed by atoms with E-state index in [1.54, 1.807) is 23.1 Å². The van der Waals surface area contributed by atoms with E-state index in [2.05, 4.69) is 10.3 Å². The minimum absolute atomic E-state index is 0.162. The van der Waals surface area contributed by atoms with Crippen molar-refractivity contribution in [2.24, 2.45) is 0 Å². The Morgan fingerprint density at radius 2 is 1.94 bits per heavy atom. The van der Waals surface area contributed by atoms with E-state index in [4.69, 9.17) is 15.8 Å². The number of para-hydroxylation sites is 1. The lowest BCUT2D eigenvalue weighted by atomic mass is 10.1. The van der Waals surface area contributed by atoms with Gasteiger partial charge in [0.05, 0.1) is 7.98 Å². The van der Waals surface area contributed by atoms with Gasteiger partial charge in [0.25, 0.3) is 5.91 Å². The number of fused-ring (bicyclic) bond motifs is 1. The smallest absolute Gasteiger partial charge is 0.303 e. The van der Waals surface area contributed by atoms with E-state index in [1.165, 1.54) is 0 Å². The highest BCUT2D eigenvalue weighted by molar-refractivity contribution is 5.97. The third-order valence-electron chi connectivity index (χ3n) is 5.19. The number of carboxylic acids is 1. The van der Waals surface area contributed by atoms with E-state index in [-0.39, 0.29) is 18.9 Å². The summed E-state index contributed by atoms with van der Waals surface area (Å²) < 4.78 is 19.3. The van der Waals surface area contributed by atoms with Crippen LogP contribution in [0.25, 0.3) is 11.0 Å².